The lowest BCUT2D eigenvalue weighted by Gasteiger charge is -2.15. The van der Waals surface area contributed by atoms with E-state index in [1.165, 1.54) is 80.4 Å². The number of likely N-dealkylation sites (N-methyl/N-ethyl adjacent to an activating group) is 1. The van der Waals surface area contributed by atoms with Gasteiger partial charge in [0.2, 0.25) is 0 Å². The van der Waals surface area contributed by atoms with Crippen LogP contribution in [-0.2, 0) is 9.53 Å². The maximum atomic E-state index is 12.1. The van der Waals surface area contributed by atoms with Crippen LogP contribution in [0, 0.1) is 0 Å². The third kappa shape index (κ3) is 11.9. The molecule has 0 aliphatic rings. The molecule has 1 aromatic rings. The van der Waals surface area contributed by atoms with Gasteiger partial charge >= 0.3 is 5.97 Å². The SMILES string of the molecule is CCCCCCCCCCCCCCOC(=O)CN(C)C(=O)c1cccs1. The molecule has 1 heterocycles. The molecule has 0 aliphatic carbocycles. The van der Waals surface area contributed by atoms with Crippen molar-refractivity contribution < 1.29 is 14.3 Å². The summed E-state index contributed by atoms with van der Waals surface area (Å²) in [4.78, 5) is 25.9. The van der Waals surface area contributed by atoms with E-state index in [0.29, 0.717) is 11.5 Å². The molecule has 154 valence electrons. The van der Waals surface area contributed by atoms with E-state index in [9.17, 15) is 9.59 Å². The van der Waals surface area contributed by atoms with Gasteiger partial charge in [0.05, 0.1) is 11.5 Å². The molecule has 1 amide bonds. The highest BCUT2D eigenvalue weighted by molar-refractivity contribution is 7.12. The Hall–Kier alpha value is -1.36. The third-order valence-electron chi connectivity index (χ3n) is 4.71. The summed E-state index contributed by atoms with van der Waals surface area (Å²) in [6, 6.07) is 3.60. The van der Waals surface area contributed by atoms with E-state index in [4.69, 9.17) is 4.74 Å². The quantitative estimate of drug-likeness (QED) is 0.252. The number of carbonyl (C=O) groups is 2. The number of rotatable bonds is 16. The molecule has 0 spiro atoms. The number of esters is 1. The van der Waals surface area contributed by atoms with E-state index in [2.05, 4.69) is 6.92 Å². The second kappa shape index (κ2) is 15.7. The van der Waals surface area contributed by atoms with Crippen molar-refractivity contribution >= 4 is 23.2 Å². The zero-order chi connectivity index (χ0) is 19.7. The molecule has 0 atom stereocenters. The van der Waals surface area contributed by atoms with E-state index in [-0.39, 0.29) is 18.4 Å². The smallest absolute Gasteiger partial charge is 0.325 e. The Kier molecular flexibility index (Phi) is 13.7. The number of amides is 1. The first-order valence-electron chi connectivity index (χ1n) is 10.6. The molecule has 27 heavy (non-hydrogen) atoms. The zero-order valence-electron chi connectivity index (χ0n) is 17.2. The zero-order valence-corrected chi connectivity index (χ0v) is 18.0. The summed E-state index contributed by atoms with van der Waals surface area (Å²) in [6.07, 6.45) is 15.4. The van der Waals surface area contributed by atoms with Crippen molar-refractivity contribution in [2.75, 3.05) is 20.2 Å². The minimum atomic E-state index is -0.328. The average molecular weight is 396 g/mol. The minimum Gasteiger partial charge on any atom is -0.464 e. The van der Waals surface area contributed by atoms with Crippen molar-refractivity contribution in [2.24, 2.45) is 0 Å². The lowest BCUT2D eigenvalue weighted by molar-refractivity contribution is -0.144. The molecule has 0 bridgehead atoms. The van der Waals surface area contributed by atoms with Gasteiger partial charge in [0.25, 0.3) is 5.91 Å². The number of nitrogens with zero attached hydrogens (tertiary/aromatic N) is 1. The van der Waals surface area contributed by atoms with Crippen LogP contribution in [0.5, 0.6) is 0 Å². The minimum absolute atomic E-state index is 0.00892. The van der Waals surface area contributed by atoms with Crippen LogP contribution in [0.15, 0.2) is 17.5 Å². The highest BCUT2D eigenvalue weighted by Crippen LogP contribution is 2.12. The normalized spacial score (nSPS) is 10.7. The van der Waals surface area contributed by atoms with Crippen molar-refractivity contribution in [3.63, 3.8) is 0 Å². The Labute approximate surface area is 169 Å². The van der Waals surface area contributed by atoms with Gasteiger partial charge < -0.3 is 9.64 Å². The fourth-order valence-electron chi connectivity index (χ4n) is 3.03. The van der Waals surface area contributed by atoms with Crippen molar-refractivity contribution in [3.8, 4) is 0 Å². The Morgan fingerprint density at radius 2 is 1.48 bits per heavy atom. The van der Waals surface area contributed by atoms with Crippen molar-refractivity contribution in [3.05, 3.63) is 22.4 Å². The van der Waals surface area contributed by atoms with Gasteiger partial charge in [-0.25, -0.2) is 0 Å². The van der Waals surface area contributed by atoms with Crippen LogP contribution in [0.1, 0.15) is 93.6 Å². The predicted molar refractivity (Wildman–Crippen MR) is 113 cm³/mol. The average Bonchev–Trinajstić information content (AvgIpc) is 3.19. The first-order chi connectivity index (χ1) is 13.1. The maximum Gasteiger partial charge on any atom is 0.325 e. The fraction of sp³-hybridized carbons (Fsp3) is 0.727. The standard InChI is InChI=1S/C22H37NO3S/c1-3-4-5-6-7-8-9-10-11-12-13-14-17-26-21(24)19-23(2)22(25)20-16-15-18-27-20/h15-16,18H,3-14,17,19H2,1-2H3. The summed E-state index contributed by atoms with van der Waals surface area (Å²) < 4.78 is 5.24. The highest BCUT2D eigenvalue weighted by Gasteiger charge is 2.16. The largest absolute Gasteiger partial charge is 0.464 e. The number of hydrogen-bond donors (Lipinski definition) is 0. The van der Waals surface area contributed by atoms with Gasteiger partial charge in [0.1, 0.15) is 6.54 Å². The molecule has 0 aromatic carbocycles. The van der Waals surface area contributed by atoms with E-state index in [1.54, 1.807) is 13.1 Å². The van der Waals surface area contributed by atoms with Gasteiger partial charge in [-0.1, -0.05) is 83.6 Å². The summed E-state index contributed by atoms with van der Waals surface area (Å²) in [6.45, 7) is 2.72. The monoisotopic (exact) mass is 395 g/mol. The van der Waals surface area contributed by atoms with Crippen LogP contribution in [0.3, 0.4) is 0 Å². The van der Waals surface area contributed by atoms with Gasteiger partial charge in [-0.3, -0.25) is 9.59 Å². The van der Waals surface area contributed by atoms with E-state index in [1.807, 2.05) is 11.4 Å². The summed E-state index contributed by atoms with van der Waals surface area (Å²) in [5.41, 5.74) is 0. The van der Waals surface area contributed by atoms with Crippen LogP contribution >= 0.6 is 11.3 Å². The first-order valence-corrected chi connectivity index (χ1v) is 11.5. The first kappa shape index (κ1) is 23.7. The molecule has 1 aromatic heterocycles. The lowest BCUT2D eigenvalue weighted by Crippen LogP contribution is -2.32. The molecule has 0 aliphatic heterocycles. The number of thiophene rings is 1. The Bertz CT molecular complexity index is 502. The van der Waals surface area contributed by atoms with Crippen LogP contribution < -0.4 is 0 Å². The van der Waals surface area contributed by atoms with Gasteiger partial charge in [0.15, 0.2) is 0 Å². The van der Waals surface area contributed by atoms with Gasteiger partial charge in [0, 0.05) is 7.05 Å². The van der Waals surface area contributed by atoms with E-state index < -0.39 is 0 Å². The van der Waals surface area contributed by atoms with Gasteiger partial charge in [-0.05, 0) is 17.9 Å². The number of carbonyl (C=O) groups excluding carboxylic acids is 2. The molecule has 0 fully saturated rings. The number of hydrogen-bond acceptors (Lipinski definition) is 4. The van der Waals surface area contributed by atoms with Crippen LogP contribution in [0.2, 0.25) is 0 Å². The Morgan fingerprint density at radius 1 is 0.926 bits per heavy atom. The summed E-state index contributed by atoms with van der Waals surface area (Å²) in [5, 5.41) is 1.85. The molecule has 0 N–H and O–H groups in total. The van der Waals surface area contributed by atoms with Gasteiger partial charge in [-0.15, -0.1) is 11.3 Å². The highest BCUT2D eigenvalue weighted by atomic mass is 32.1. The number of ether oxygens (including phenoxy) is 1. The molecule has 0 unspecified atom stereocenters. The Balaban J connectivity index is 1.90. The van der Waals surface area contributed by atoms with E-state index in [0.717, 1.165) is 12.8 Å². The number of unbranched alkanes of at least 4 members (excludes halogenated alkanes) is 11. The van der Waals surface area contributed by atoms with Crippen LogP contribution in [0.25, 0.3) is 0 Å². The molecule has 0 saturated heterocycles. The molecule has 0 saturated carbocycles. The lowest BCUT2D eigenvalue weighted by atomic mass is 10.1. The van der Waals surface area contributed by atoms with E-state index >= 15 is 0 Å². The van der Waals surface area contributed by atoms with Crippen molar-refractivity contribution in [1.82, 2.24) is 4.90 Å². The maximum absolute atomic E-state index is 12.1. The molecular formula is C22H37NO3S. The molecule has 0 radical (unpaired) electrons. The topological polar surface area (TPSA) is 46.6 Å². The predicted octanol–water partition coefficient (Wildman–Crippen LogP) is 6.06. The van der Waals surface area contributed by atoms with Gasteiger partial charge in [-0.2, -0.15) is 0 Å². The summed E-state index contributed by atoms with van der Waals surface area (Å²) in [5.74, 6) is -0.460. The Morgan fingerprint density at radius 3 is 2.00 bits per heavy atom. The van der Waals surface area contributed by atoms with Crippen LogP contribution in [-0.4, -0.2) is 37.0 Å². The second-order valence-corrected chi connectivity index (χ2v) is 8.20. The third-order valence-corrected chi connectivity index (χ3v) is 5.56. The van der Waals surface area contributed by atoms with Crippen molar-refractivity contribution in [1.29, 1.82) is 0 Å². The fourth-order valence-corrected chi connectivity index (χ4v) is 3.75. The molecule has 4 nitrogen and oxygen atoms in total. The molecule has 1 rings (SSSR count). The summed E-state index contributed by atoms with van der Waals surface area (Å²) >= 11 is 1.38. The summed E-state index contributed by atoms with van der Waals surface area (Å²) in [7, 11) is 1.63. The molecule has 5 heteroatoms. The van der Waals surface area contributed by atoms with Crippen LogP contribution in [0.4, 0.5) is 0 Å². The van der Waals surface area contributed by atoms with Crippen molar-refractivity contribution in [2.45, 2.75) is 84.0 Å². The second-order valence-electron chi connectivity index (χ2n) is 7.25. The molecular weight excluding hydrogens is 358 g/mol.